The highest BCUT2D eigenvalue weighted by Crippen LogP contribution is 2.14. The van der Waals surface area contributed by atoms with Crippen molar-refractivity contribution in [2.24, 2.45) is 0 Å². The van der Waals surface area contributed by atoms with Crippen LogP contribution in [0.2, 0.25) is 0 Å². The van der Waals surface area contributed by atoms with E-state index in [4.69, 9.17) is 5.73 Å². The van der Waals surface area contributed by atoms with Crippen LogP contribution in [-0.2, 0) is 11.3 Å². The first-order valence-corrected chi connectivity index (χ1v) is 5.45. The number of anilines is 2. The molecule has 7 heteroatoms. The van der Waals surface area contributed by atoms with Gasteiger partial charge in [0.2, 0.25) is 5.91 Å². The van der Waals surface area contributed by atoms with Crippen molar-refractivity contribution in [3.63, 3.8) is 0 Å². The van der Waals surface area contributed by atoms with Gasteiger partial charge in [0.1, 0.15) is 6.54 Å². The third kappa shape index (κ3) is 2.45. The number of carbonyl (C=O) groups is 1. The minimum atomic E-state index is -0.221. The Balaban J connectivity index is 2.06. The second kappa shape index (κ2) is 4.82. The van der Waals surface area contributed by atoms with Gasteiger partial charge in [0.05, 0.1) is 17.1 Å². The second-order valence-corrected chi connectivity index (χ2v) is 3.90. The average Bonchev–Trinajstić information content (AvgIpc) is 2.58. The quantitative estimate of drug-likeness (QED) is 0.822. The van der Waals surface area contributed by atoms with Crippen molar-refractivity contribution < 1.29 is 4.79 Å². The first-order chi connectivity index (χ1) is 8.58. The average molecular weight is 246 g/mol. The van der Waals surface area contributed by atoms with Crippen LogP contribution in [0.4, 0.5) is 11.5 Å². The molecule has 0 aliphatic rings. The molecule has 18 heavy (non-hydrogen) atoms. The second-order valence-electron chi connectivity index (χ2n) is 3.90. The van der Waals surface area contributed by atoms with Gasteiger partial charge >= 0.3 is 0 Å². The molecule has 0 radical (unpaired) electrons. The minimum absolute atomic E-state index is 0.0977. The van der Waals surface area contributed by atoms with Crippen LogP contribution in [0.3, 0.4) is 0 Å². The number of aromatic nitrogens is 4. The molecule has 1 amide bonds. The van der Waals surface area contributed by atoms with Crippen LogP contribution in [0, 0.1) is 13.8 Å². The third-order valence-corrected chi connectivity index (χ3v) is 2.57. The maximum Gasteiger partial charge on any atom is 0.247 e. The molecule has 0 aromatic carbocycles. The van der Waals surface area contributed by atoms with Gasteiger partial charge < -0.3 is 11.1 Å². The Morgan fingerprint density at radius 3 is 2.83 bits per heavy atom. The van der Waals surface area contributed by atoms with Crippen molar-refractivity contribution in [3.8, 4) is 0 Å². The molecule has 0 fully saturated rings. The summed E-state index contributed by atoms with van der Waals surface area (Å²) in [6.45, 7) is 3.73. The normalized spacial score (nSPS) is 10.3. The number of nitrogens with one attached hydrogen (secondary N) is 1. The van der Waals surface area contributed by atoms with Crippen molar-refractivity contribution in [2.75, 3.05) is 11.1 Å². The minimum Gasteiger partial charge on any atom is -0.396 e. The summed E-state index contributed by atoms with van der Waals surface area (Å²) in [5.74, 6) is 0.193. The fourth-order valence-corrected chi connectivity index (χ4v) is 1.55. The maximum absolute atomic E-state index is 11.8. The molecule has 2 heterocycles. The lowest BCUT2D eigenvalue weighted by atomic mass is 10.3. The van der Waals surface area contributed by atoms with Crippen LogP contribution in [-0.4, -0.2) is 25.9 Å². The third-order valence-electron chi connectivity index (χ3n) is 2.57. The van der Waals surface area contributed by atoms with E-state index in [1.807, 2.05) is 6.92 Å². The van der Waals surface area contributed by atoms with Gasteiger partial charge in [-0.25, -0.2) is 0 Å². The van der Waals surface area contributed by atoms with Crippen molar-refractivity contribution in [2.45, 2.75) is 20.4 Å². The van der Waals surface area contributed by atoms with Crippen LogP contribution in [0.15, 0.2) is 18.3 Å². The lowest BCUT2D eigenvalue weighted by molar-refractivity contribution is -0.117. The van der Waals surface area contributed by atoms with Crippen molar-refractivity contribution >= 4 is 17.4 Å². The number of nitrogen functional groups attached to an aromatic ring is 1. The highest BCUT2D eigenvalue weighted by atomic mass is 16.2. The molecule has 0 unspecified atom stereocenters. The molecule has 0 bridgehead atoms. The molecule has 2 aromatic rings. The summed E-state index contributed by atoms with van der Waals surface area (Å²) in [5, 5.41) is 14.3. The standard InChI is InChI=1S/C11H14N6O/c1-7-11(12)8(2)17(16-7)6-10(18)14-9-4-3-5-13-15-9/h3-5H,6,12H2,1-2H3,(H,14,15,18). The number of hydrogen-bond acceptors (Lipinski definition) is 5. The van der Waals surface area contributed by atoms with Gasteiger partial charge in [-0.2, -0.15) is 10.2 Å². The summed E-state index contributed by atoms with van der Waals surface area (Å²) < 4.78 is 1.57. The first kappa shape index (κ1) is 12.0. The van der Waals surface area contributed by atoms with E-state index in [1.54, 1.807) is 23.7 Å². The summed E-state index contributed by atoms with van der Waals surface area (Å²) in [5.41, 5.74) is 7.91. The lowest BCUT2D eigenvalue weighted by Crippen LogP contribution is -2.21. The molecule has 0 aliphatic carbocycles. The Bertz CT molecular complexity index is 562. The summed E-state index contributed by atoms with van der Waals surface area (Å²) in [7, 11) is 0. The predicted octanol–water partition coefficient (Wildman–Crippen LogP) is 0.511. The van der Waals surface area contributed by atoms with E-state index >= 15 is 0 Å². The van der Waals surface area contributed by atoms with E-state index in [-0.39, 0.29) is 12.5 Å². The topological polar surface area (TPSA) is 98.7 Å². The number of carbonyl (C=O) groups excluding carboxylic acids is 1. The fourth-order valence-electron chi connectivity index (χ4n) is 1.55. The van der Waals surface area contributed by atoms with Crippen LogP contribution in [0.1, 0.15) is 11.4 Å². The van der Waals surface area contributed by atoms with Gasteiger partial charge in [0, 0.05) is 6.20 Å². The molecule has 0 saturated heterocycles. The van der Waals surface area contributed by atoms with Gasteiger partial charge in [-0.05, 0) is 26.0 Å². The van der Waals surface area contributed by atoms with E-state index in [1.165, 1.54) is 6.20 Å². The van der Waals surface area contributed by atoms with Crippen LogP contribution in [0.5, 0.6) is 0 Å². The molecule has 3 N–H and O–H groups in total. The highest BCUT2D eigenvalue weighted by Gasteiger charge is 2.11. The molecule has 2 aromatic heterocycles. The van der Waals surface area contributed by atoms with Crippen molar-refractivity contribution in [1.29, 1.82) is 0 Å². The molecule has 0 saturated carbocycles. The number of aryl methyl sites for hydroxylation is 1. The Morgan fingerprint density at radius 2 is 2.28 bits per heavy atom. The predicted molar refractivity (Wildman–Crippen MR) is 66.8 cm³/mol. The Kier molecular flexibility index (Phi) is 3.22. The largest absolute Gasteiger partial charge is 0.396 e. The van der Waals surface area contributed by atoms with Crippen LogP contribution in [0.25, 0.3) is 0 Å². The number of hydrogen-bond donors (Lipinski definition) is 2. The summed E-state index contributed by atoms with van der Waals surface area (Å²) >= 11 is 0. The van der Waals surface area contributed by atoms with Crippen LogP contribution >= 0.6 is 0 Å². The van der Waals surface area contributed by atoms with Gasteiger partial charge in [0.15, 0.2) is 5.82 Å². The zero-order chi connectivity index (χ0) is 13.1. The summed E-state index contributed by atoms with van der Waals surface area (Å²) in [6, 6.07) is 3.37. The molecule has 0 aliphatic heterocycles. The molecule has 7 nitrogen and oxygen atoms in total. The Hall–Kier alpha value is -2.44. The number of rotatable bonds is 3. The lowest BCUT2D eigenvalue weighted by Gasteiger charge is -2.05. The molecule has 0 spiro atoms. The molecule has 2 rings (SSSR count). The van der Waals surface area contributed by atoms with Gasteiger partial charge in [0.25, 0.3) is 0 Å². The summed E-state index contributed by atoms with van der Waals surface area (Å²) in [4.78, 5) is 11.8. The van der Waals surface area contributed by atoms with Crippen molar-refractivity contribution in [1.82, 2.24) is 20.0 Å². The van der Waals surface area contributed by atoms with Gasteiger partial charge in [-0.1, -0.05) is 0 Å². The van der Waals surface area contributed by atoms with E-state index in [9.17, 15) is 4.79 Å². The van der Waals surface area contributed by atoms with E-state index < -0.39 is 0 Å². The number of nitrogens with two attached hydrogens (primary N) is 1. The van der Waals surface area contributed by atoms with Gasteiger partial charge in [-0.15, -0.1) is 5.10 Å². The summed E-state index contributed by atoms with van der Waals surface area (Å²) in [6.07, 6.45) is 1.54. The first-order valence-electron chi connectivity index (χ1n) is 5.45. The molecular weight excluding hydrogens is 232 g/mol. The zero-order valence-corrected chi connectivity index (χ0v) is 10.2. The van der Waals surface area contributed by atoms with Crippen LogP contribution < -0.4 is 11.1 Å². The SMILES string of the molecule is Cc1nn(CC(=O)Nc2cccnn2)c(C)c1N. The molecule has 0 atom stereocenters. The van der Waals surface area contributed by atoms with E-state index in [0.717, 1.165) is 11.4 Å². The fraction of sp³-hybridized carbons (Fsp3) is 0.273. The van der Waals surface area contributed by atoms with E-state index in [0.29, 0.717) is 11.5 Å². The number of nitrogens with zero attached hydrogens (tertiary/aromatic N) is 4. The Labute approximate surface area is 104 Å². The molecular formula is C11H14N6O. The number of amides is 1. The monoisotopic (exact) mass is 246 g/mol. The van der Waals surface area contributed by atoms with Gasteiger partial charge in [-0.3, -0.25) is 9.48 Å². The van der Waals surface area contributed by atoms with E-state index in [2.05, 4.69) is 20.6 Å². The highest BCUT2D eigenvalue weighted by molar-refractivity contribution is 5.89. The zero-order valence-electron chi connectivity index (χ0n) is 10.2. The van der Waals surface area contributed by atoms with Crippen molar-refractivity contribution in [3.05, 3.63) is 29.7 Å². The smallest absolute Gasteiger partial charge is 0.247 e. The Morgan fingerprint density at radius 1 is 1.50 bits per heavy atom. The molecule has 94 valence electrons. The maximum atomic E-state index is 11.8.